The lowest BCUT2D eigenvalue weighted by molar-refractivity contribution is 0.0687. The van der Waals surface area contributed by atoms with Gasteiger partial charge in [-0.1, -0.05) is 36.8 Å². The molecule has 3 aromatic heterocycles. The van der Waals surface area contributed by atoms with Crippen LogP contribution in [0.2, 0.25) is 0 Å². The highest BCUT2D eigenvalue weighted by Crippen LogP contribution is 2.31. The summed E-state index contributed by atoms with van der Waals surface area (Å²) in [5.74, 6) is -2.66. The van der Waals surface area contributed by atoms with Crippen LogP contribution in [0.25, 0.3) is 17.2 Å². The number of H-pyrrole nitrogens is 2. The summed E-state index contributed by atoms with van der Waals surface area (Å²) in [4.78, 5) is 55.5. The number of rotatable bonds is 5. The summed E-state index contributed by atoms with van der Waals surface area (Å²) < 4.78 is 18.6. The molecule has 16 heteroatoms. The smallest absolute Gasteiger partial charge is 0.439 e. The summed E-state index contributed by atoms with van der Waals surface area (Å²) in [6.07, 6.45) is 1.96. The van der Waals surface area contributed by atoms with E-state index in [-0.39, 0.29) is 55.4 Å². The third-order valence-corrected chi connectivity index (χ3v) is 6.45. The first-order valence-corrected chi connectivity index (χ1v) is 12.3. The van der Waals surface area contributed by atoms with Crippen molar-refractivity contribution in [2.75, 3.05) is 0 Å². The molecule has 0 aliphatic heterocycles. The maximum atomic E-state index is 13.2. The highest BCUT2D eigenvalue weighted by atomic mass is 35.5. The van der Waals surface area contributed by atoms with Gasteiger partial charge in [0.25, 0.3) is 11.7 Å². The molecular weight excluding hydrogens is 587 g/mol. The van der Waals surface area contributed by atoms with Crippen LogP contribution in [0, 0.1) is 12.7 Å². The molecule has 1 aliphatic carbocycles. The van der Waals surface area contributed by atoms with E-state index in [4.69, 9.17) is 5.73 Å². The average Bonchev–Trinajstić information content (AvgIpc) is 3.66. The number of nitrogens with zero attached hydrogens (tertiary/aromatic N) is 4. The number of carbonyl (C=O) groups excluding carboxylic acids is 1. The third kappa shape index (κ3) is 7.02. The average molecular weight is 615 g/mol. The molecule has 6 N–H and O–H groups in total. The number of aromatic nitrogens is 6. The van der Waals surface area contributed by atoms with Crippen molar-refractivity contribution in [1.82, 2.24) is 35.0 Å². The van der Waals surface area contributed by atoms with Gasteiger partial charge in [0, 0.05) is 24.2 Å². The Labute approximate surface area is 248 Å². The molecule has 0 saturated carbocycles. The number of aromatic carboxylic acids is 1. The van der Waals surface area contributed by atoms with E-state index in [0.717, 1.165) is 29.0 Å². The lowest BCUT2D eigenvalue weighted by atomic mass is 10.0. The van der Waals surface area contributed by atoms with E-state index in [2.05, 4.69) is 35.0 Å². The van der Waals surface area contributed by atoms with Gasteiger partial charge in [-0.3, -0.25) is 14.3 Å². The van der Waals surface area contributed by atoms with Crippen molar-refractivity contribution in [2.24, 2.45) is 5.73 Å². The molecule has 1 atom stereocenters. The molecule has 0 bridgehead atoms. The largest absolute Gasteiger partial charge is 0.477 e. The number of benzene rings is 2. The van der Waals surface area contributed by atoms with E-state index in [0.29, 0.717) is 17.0 Å². The Balaban J connectivity index is 0.000000244. The normalized spacial score (nSPS) is 13.2. The van der Waals surface area contributed by atoms with Gasteiger partial charge >= 0.3 is 17.4 Å². The fourth-order valence-electron chi connectivity index (χ4n) is 4.40. The van der Waals surface area contributed by atoms with Crippen LogP contribution in [0.15, 0.2) is 56.6 Å². The molecular formula is C27H28ClFN8O6. The summed E-state index contributed by atoms with van der Waals surface area (Å²) in [6, 6.07) is 11.5. The van der Waals surface area contributed by atoms with Crippen LogP contribution in [0.1, 0.15) is 63.1 Å². The molecule has 0 unspecified atom stereocenters. The number of hydrogen-bond donors (Lipinski definition) is 5. The zero-order valence-corrected chi connectivity index (χ0v) is 22.7. The fraction of sp³-hybridized carbons (Fsp3) is 0.222. The number of nitrogens with one attached hydrogen (secondary N) is 3. The van der Waals surface area contributed by atoms with E-state index in [1.807, 2.05) is 18.2 Å². The van der Waals surface area contributed by atoms with Gasteiger partial charge < -0.3 is 16.2 Å². The van der Waals surface area contributed by atoms with Gasteiger partial charge in [-0.25, -0.2) is 33.4 Å². The van der Waals surface area contributed by atoms with E-state index >= 15 is 0 Å². The first-order chi connectivity index (χ1) is 19.6. The Morgan fingerprint density at radius 2 is 1.95 bits per heavy atom. The van der Waals surface area contributed by atoms with Crippen LogP contribution in [0.3, 0.4) is 0 Å². The van der Waals surface area contributed by atoms with Gasteiger partial charge in [-0.05, 0) is 54.2 Å². The molecule has 0 fully saturated rings. The Morgan fingerprint density at radius 3 is 2.63 bits per heavy atom. The van der Waals surface area contributed by atoms with Gasteiger partial charge in [0.1, 0.15) is 11.5 Å². The molecule has 0 radical (unpaired) electrons. The van der Waals surface area contributed by atoms with Crippen LogP contribution in [0.4, 0.5) is 4.39 Å². The van der Waals surface area contributed by atoms with Crippen LogP contribution in [-0.2, 0) is 13.0 Å². The van der Waals surface area contributed by atoms with Crippen molar-refractivity contribution in [2.45, 2.75) is 39.8 Å². The van der Waals surface area contributed by atoms with Crippen molar-refractivity contribution in [3.8, 4) is 11.4 Å². The molecule has 3 heterocycles. The second-order valence-corrected chi connectivity index (χ2v) is 9.26. The topological polar surface area (TPSA) is 214 Å². The third-order valence-electron chi connectivity index (χ3n) is 6.45. The summed E-state index contributed by atoms with van der Waals surface area (Å²) in [5, 5.41) is 17.6. The maximum Gasteiger partial charge on any atom is 0.439 e. The number of halogens is 2. The quantitative estimate of drug-likeness (QED) is 0.195. The van der Waals surface area contributed by atoms with E-state index in [1.165, 1.54) is 23.3 Å². The minimum atomic E-state index is -1.36. The number of carbonyl (C=O) groups is 2. The highest BCUT2D eigenvalue weighted by molar-refractivity contribution is 5.95. The molecule has 0 spiro atoms. The van der Waals surface area contributed by atoms with Gasteiger partial charge in [0.05, 0.1) is 0 Å². The van der Waals surface area contributed by atoms with Crippen molar-refractivity contribution >= 4 is 30.1 Å². The lowest BCUT2D eigenvalue weighted by Gasteiger charge is -2.07. The van der Waals surface area contributed by atoms with Crippen LogP contribution in [0.5, 0.6) is 0 Å². The number of aromatic amines is 2. The summed E-state index contributed by atoms with van der Waals surface area (Å²) in [6.45, 7) is 1.70. The summed E-state index contributed by atoms with van der Waals surface area (Å²) >= 11 is 0. The number of carboxylic acid groups (broad SMARTS) is 1. The Morgan fingerprint density at radius 1 is 1.19 bits per heavy atom. The van der Waals surface area contributed by atoms with Gasteiger partial charge in [0.15, 0.2) is 11.5 Å². The van der Waals surface area contributed by atoms with Crippen LogP contribution < -0.4 is 22.5 Å². The molecule has 6 rings (SSSR count). The van der Waals surface area contributed by atoms with Gasteiger partial charge in [-0.15, -0.1) is 12.4 Å². The second-order valence-electron chi connectivity index (χ2n) is 9.26. The predicted molar refractivity (Wildman–Crippen MR) is 155 cm³/mol. The zero-order chi connectivity index (χ0) is 29.3. The number of hydrogen-bond acceptors (Lipinski definition) is 9. The molecule has 0 saturated heterocycles. The van der Waals surface area contributed by atoms with Crippen molar-refractivity contribution in [3.63, 3.8) is 0 Å². The van der Waals surface area contributed by atoms with E-state index in [9.17, 15) is 28.7 Å². The Hall–Kier alpha value is -5.15. The molecule has 5 aromatic rings. The summed E-state index contributed by atoms with van der Waals surface area (Å²) in [5.41, 5.74) is 8.99. The number of carboxylic acids is 1. The Bertz CT molecular complexity index is 1910. The number of fused-ring (bicyclic) bond motifs is 2. The second kappa shape index (κ2) is 13.2. The van der Waals surface area contributed by atoms with Crippen LogP contribution in [-0.4, -0.2) is 46.7 Å². The van der Waals surface area contributed by atoms with Crippen molar-refractivity contribution < 1.29 is 23.6 Å². The van der Waals surface area contributed by atoms with Crippen LogP contribution >= 0.6 is 12.4 Å². The lowest BCUT2D eigenvalue weighted by Crippen LogP contribution is -2.25. The van der Waals surface area contributed by atoms with Gasteiger partial charge in [-0.2, -0.15) is 4.98 Å². The molecule has 1 amide bonds. The standard InChI is InChI=1S/C15H12FN5O4.C11H11N3O2.CH4.ClH/c1-7-4-8(2-3-9(7)16)6-17-12(22)10-5-11(13(23)24)21-14(18-10)19-15(25)20-21;12-9-4-2-6-5-7(1-3-8(6)9)10-13-11(15)16-14-10;;/h2-5H,6H2,1H3,(H,17,22)(H,20,25)(H,23,24);1,3,5,9H,2,4,12H2,(H,13,14,15);1H4;1H/t;9-;;/m.0../s1. The first-order valence-electron chi connectivity index (χ1n) is 12.3. The molecule has 1 aliphatic rings. The minimum absolute atomic E-state index is 0. The SMILES string of the molecule is C.Cc1cc(CNC(=O)c2cc(C(=O)O)n3[nH]c(=O)nc3n2)ccc1F.Cl.N[C@H]1CCc2cc(-c3noc(=O)[nH]3)ccc21. The van der Waals surface area contributed by atoms with Crippen molar-refractivity contribution in [3.05, 3.63) is 103 Å². The number of nitrogens with two attached hydrogens (primary N) is 1. The summed E-state index contributed by atoms with van der Waals surface area (Å²) in [7, 11) is 0. The fourth-order valence-corrected chi connectivity index (χ4v) is 4.40. The first kappa shape index (κ1) is 32.4. The number of amides is 1. The number of aryl methyl sites for hydroxylation is 2. The molecule has 14 nitrogen and oxygen atoms in total. The zero-order valence-electron chi connectivity index (χ0n) is 21.9. The van der Waals surface area contributed by atoms with Crippen molar-refractivity contribution in [1.29, 1.82) is 0 Å². The van der Waals surface area contributed by atoms with E-state index in [1.54, 1.807) is 13.0 Å². The minimum Gasteiger partial charge on any atom is -0.477 e. The molecule has 43 heavy (non-hydrogen) atoms. The van der Waals surface area contributed by atoms with Gasteiger partial charge in [0.2, 0.25) is 0 Å². The predicted octanol–water partition coefficient (Wildman–Crippen LogP) is 2.53. The highest BCUT2D eigenvalue weighted by Gasteiger charge is 2.20. The molecule has 2 aromatic carbocycles. The monoisotopic (exact) mass is 614 g/mol. The maximum absolute atomic E-state index is 13.2. The van der Waals surface area contributed by atoms with E-state index < -0.39 is 23.3 Å². The molecule has 226 valence electrons. The Kier molecular flexibility index (Phi) is 9.95.